The first kappa shape index (κ1) is 12.3. The highest BCUT2D eigenvalue weighted by molar-refractivity contribution is 5.37. The Balaban J connectivity index is 2.35. The minimum Gasteiger partial charge on any atom is -0.438 e. The number of hydrogen-bond acceptors (Lipinski definition) is 2. The molecule has 0 atom stereocenters. The number of aromatic nitrogens is 1. The lowest BCUT2D eigenvalue weighted by molar-refractivity contribution is -0.138. The fourth-order valence-corrected chi connectivity index (χ4v) is 1.35. The lowest BCUT2D eigenvalue weighted by Crippen LogP contribution is -2.07. The molecule has 0 saturated carbocycles. The van der Waals surface area contributed by atoms with E-state index >= 15 is 0 Å². The topological polar surface area (TPSA) is 22.1 Å². The van der Waals surface area contributed by atoms with Crippen molar-refractivity contribution in [3.63, 3.8) is 0 Å². The van der Waals surface area contributed by atoms with Gasteiger partial charge in [-0.25, -0.2) is 0 Å². The first-order chi connectivity index (χ1) is 8.47. The summed E-state index contributed by atoms with van der Waals surface area (Å²) in [5.74, 6) is -1.47. The van der Waals surface area contributed by atoms with E-state index in [2.05, 4.69) is 4.98 Å². The number of rotatable bonds is 2. The summed E-state index contributed by atoms with van der Waals surface area (Å²) < 4.78 is 55.7. The van der Waals surface area contributed by atoms with Gasteiger partial charge in [-0.3, -0.25) is 0 Å². The number of pyridine rings is 1. The van der Waals surface area contributed by atoms with Gasteiger partial charge >= 0.3 is 6.18 Å². The molecule has 2 aromatic rings. The Kier molecular flexibility index (Phi) is 3.18. The summed E-state index contributed by atoms with van der Waals surface area (Å²) in [4.78, 5) is 3.34. The van der Waals surface area contributed by atoms with Crippen LogP contribution in [0.1, 0.15) is 5.56 Å². The second kappa shape index (κ2) is 4.64. The van der Waals surface area contributed by atoms with Gasteiger partial charge in [-0.1, -0.05) is 18.2 Å². The van der Waals surface area contributed by atoms with Crippen molar-refractivity contribution in [2.24, 2.45) is 0 Å². The van der Waals surface area contributed by atoms with E-state index < -0.39 is 23.4 Å². The van der Waals surface area contributed by atoms with Crippen LogP contribution in [-0.4, -0.2) is 4.98 Å². The van der Waals surface area contributed by atoms with Gasteiger partial charge in [0.2, 0.25) is 11.8 Å². The van der Waals surface area contributed by atoms with Crippen LogP contribution in [0.15, 0.2) is 42.5 Å². The zero-order valence-electron chi connectivity index (χ0n) is 8.91. The van der Waals surface area contributed by atoms with Gasteiger partial charge in [0.15, 0.2) is 0 Å². The third-order valence-electron chi connectivity index (χ3n) is 2.10. The van der Waals surface area contributed by atoms with Gasteiger partial charge in [0.25, 0.3) is 0 Å². The third kappa shape index (κ3) is 2.77. The van der Waals surface area contributed by atoms with Crippen LogP contribution in [0.4, 0.5) is 17.6 Å². The quantitative estimate of drug-likeness (QED) is 0.598. The molecule has 0 amide bonds. The van der Waals surface area contributed by atoms with Gasteiger partial charge in [-0.2, -0.15) is 22.5 Å². The highest BCUT2D eigenvalue weighted by atomic mass is 19.4. The summed E-state index contributed by atoms with van der Waals surface area (Å²) in [6, 6.07) is 8.31. The van der Waals surface area contributed by atoms with Crippen molar-refractivity contribution in [2.75, 3.05) is 0 Å². The Labute approximate surface area is 99.8 Å². The third-order valence-corrected chi connectivity index (χ3v) is 2.10. The standard InChI is InChI=1S/C12H7F4NO/c13-10-6-3-7-11(17-10)18-9-5-2-1-4-8(9)12(14,15)16/h1-7H. The summed E-state index contributed by atoms with van der Waals surface area (Å²) >= 11 is 0. The van der Waals surface area contributed by atoms with Crippen LogP contribution in [-0.2, 0) is 6.18 Å². The fraction of sp³-hybridized carbons (Fsp3) is 0.0833. The predicted octanol–water partition coefficient (Wildman–Crippen LogP) is 4.03. The number of alkyl halides is 3. The molecule has 0 aliphatic heterocycles. The Hall–Kier alpha value is -2.11. The van der Waals surface area contributed by atoms with Crippen molar-refractivity contribution in [1.82, 2.24) is 4.98 Å². The average molecular weight is 257 g/mol. The van der Waals surface area contributed by atoms with Crippen molar-refractivity contribution >= 4 is 0 Å². The average Bonchev–Trinajstić information content (AvgIpc) is 2.28. The number of hydrogen-bond donors (Lipinski definition) is 0. The molecule has 94 valence electrons. The molecule has 0 aliphatic carbocycles. The Morgan fingerprint density at radius 1 is 0.944 bits per heavy atom. The van der Waals surface area contributed by atoms with E-state index in [-0.39, 0.29) is 5.88 Å². The van der Waals surface area contributed by atoms with Gasteiger partial charge in [0.1, 0.15) is 5.75 Å². The number of halogens is 4. The molecular weight excluding hydrogens is 250 g/mol. The lowest BCUT2D eigenvalue weighted by Gasteiger charge is -2.12. The largest absolute Gasteiger partial charge is 0.438 e. The van der Waals surface area contributed by atoms with E-state index in [1.807, 2.05) is 0 Å². The van der Waals surface area contributed by atoms with E-state index in [0.29, 0.717) is 0 Å². The Bertz CT molecular complexity index is 554. The van der Waals surface area contributed by atoms with Crippen LogP contribution in [0.3, 0.4) is 0 Å². The maximum atomic E-state index is 12.8. The van der Waals surface area contributed by atoms with Gasteiger partial charge in [0, 0.05) is 6.07 Å². The molecule has 0 bridgehead atoms. The van der Waals surface area contributed by atoms with Crippen LogP contribution in [0, 0.1) is 5.95 Å². The molecule has 1 aromatic carbocycles. The SMILES string of the molecule is Fc1cccc(Oc2ccccc2C(F)(F)F)n1. The molecule has 1 heterocycles. The number of para-hydroxylation sites is 1. The molecule has 2 rings (SSSR count). The van der Waals surface area contributed by atoms with Crippen LogP contribution < -0.4 is 4.74 Å². The molecule has 6 heteroatoms. The molecule has 1 aromatic heterocycles. The summed E-state index contributed by atoms with van der Waals surface area (Å²) in [6.45, 7) is 0. The van der Waals surface area contributed by atoms with E-state index in [0.717, 1.165) is 18.2 Å². The maximum Gasteiger partial charge on any atom is 0.419 e. The van der Waals surface area contributed by atoms with Gasteiger partial charge < -0.3 is 4.74 Å². The zero-order chi connectivity index (χ0) is 13.2. The minimum absolute atomic E-state index is 0.230. The highest BCUT2D eigenvalue weighted by Gasteiger charge is 2.34. The smallest absolute Gasteiger partial charge is 0.419 e. The number of benzene rings is 1. The summed E-state index contributed by atoms with van der Waals surface area (Å²) in [7, 11) is 0. The molecule has 0 N–H and O–H groups in total. The van der Waals surface area contributed by atoms with Gasteiger partial charge in [0.05, 0.1) is 5.56 Å². The molecule has 18 heavy (non-hydrogen) atoms. The van der Waals surface area contributed by atoms with E-state index in [4.69, 9.17) is 4.74 Å². The van der Waals surface area contributed by atoms with E-state index in [1.165, 1.54) is 24.3 Å². The Morgan fingerprint density at radius 3 is 2.33 bits per heavy atom. The molecule has 0 fully saturated rings. The van der Waals surface area contributed by atoms with Crippen LogP contribution in [0.2, 0.25) is 0 Å². The van der Waals surface area contributed by atoms with Crippen molar-refractivity contribution in [3.05, 3.63) is 54.0 Å². The van der Waals surface area contributed by atoms with Crippen molar-refractivity contribution in [1.29, 1.82) is 0 Å². The van der Waals surface area contributed by atoms with Gasteiger partial charge in [-0.15, -0.1) is 0 Å². The normalized spacial score (nSPS) is 11.3. The lowest BCUT2D eigenvalue weighted by atomic mass is 10.2. The second-order valence-electron chi connectivity index (χ2n) is 3.39. The van der Waals surface area contributed by atoms with Crippen molar-refractivity contribution < 1.29 is 22.3 Å². The maximum absolute atomic E-state index is 12.8. The zero-order valence-corrected chi connectivity index (χ0v) is 8.91. The highest BCUT2D eigenvalue weighted by Crippen LogP contribution is 2.37. The van der Waals surface area contributed by atoms with E-state index in [9.17, 15) is 17.6 Å². The van der Waals surface area contributed by atoms with Crippen molar-refractivity contribution in [2.45, 2.75) is 6.18 Å². The predicted molar refractivity (Wildman–Crippen MR) is 55.7 cm³/mol. The summed E-state index contributed by atoms with van der Waals surface area (Å²) in [5.41, 5.74) is -0.934. The van der Waals surface area contributed by atoms with E-state index in [1.54, 1.807) is 0 Å². The molecule has 0 radical (unpaired) electrons. The monoisotopic (exact) mass is 257 g/mol. The molecule has 0 spiro atoms. The molecule has 0 saturated heterocycles. The molecule has 2 nitrogen and oxygen atoms in total. The second-order valence-corrected chi connectivity index (χ2v) is 3.39. The van der Waals surface area contributed by atoms with Crippen LogP contribution >= 0.6 is 0 Å². The van der Waals surface area contributed by atoms with Gasteiger partial charge in [-0.05, 0) is 18.2 Å². The molecule has 0 aliphatic rings. The number of ether oxygens (including phenoxy) is 1. The van der Waals surface area contributed by atoms with Crippen molar-refractivity contribution in [3.8, 4) is 11.6 Å². The number of nitrogens with zero attached hydrogens (tertiary/aromatic N) is 1. The van der Waals surface area contributed by atoms with Crippen LogP contribution in [0.25, 0.3) is 0 Å². The molecular formula is C12H7F4NO. The first-order valence-corrected chi connectivity index (χ1v) is 4.93. The minimum atomic E-state index is -4.54. The summed E-state index contributed by atoms with van der Waals surface area (Å²) in [5, 5.41) is 0. The Morgan fingerprint density at radius 2 is 1.67 bits per heavy atom. The summed E-state index contributed by atoms with van der Waals surface area (Å²) in [6.07, 6.45) is -4.54. The molecule has 0 unspecified atom stereocenters. The fourth-order valence-electron chi connectivity index (χ4n) is 1.35. The van der Waals surface area contributed by atoms with Crippen LogP contribution in [0.5, 0.6) is 11.6 Å². The first-order valence-electron chi connectivity index (χ1n) is 4.93.